The number of nitrogens with zero attached hydrogens (tertiary/aromatic N) is 2. The van der Waals surface area contributed by atoms with Crippen molar-refractivity contribution in [3.8, 4) is 0 Å². The Morgan fingerprint density at radius 3 is 2.71 bits per heavy atom. The Balaban J connectivity index is 1.66. The van der Waals surface area contributed by atoms with Gasteiger partial charge in [-0.15, -0.1) is 0 Å². The van der Waals surface area contributed by atoms with E-state index in [1.54, 1.807) is 0 Å². The Labute approximate surface area is 125 Å². The Bertz CT molecular complexity index is 637. The zero-order valence-electron chi connectivity index (χ0n) is 12.4. The van der Waals surface area contributed by atoms with Gasteiger partial charge < -0.3 is 10.0 Å². The Kier molecular flexibility index (Phi) is 3.20. The molecule has 2 bridgehead atoms. The molecule has 0 radical (unpaired) electrons. The average molecular weight is 282 g/mol. The molecule has 0 saturated carbocycles. The summed E-state index contributed by atoms with van der Waals surface area (Å²) in [5.41, 5.74) is 1.07. The Hall–Kier alpha value is -1.45. The predicted octanol–water partition coefficient (Wildman–Crippen LogP) is 3.14. The van der Waals surface area contributed by atoms with E-state index in [1.807, 2.05) is 24.5 Å². The van der Waals surface area contributed by atoms with E-state index in [-0.39, 0.29) is 6.10 Å². The van der Waals surface area contributed by atoms with Gasteiger partial charge in [-0.1, -0.05) is 18.2 Å². The van der Waals surface area contributed by atoms with Gasteiger partial charge in [-0.25, -0.2) is 0 Å². The summed E-state index contributed by atoms with van der Waals surface area (Å²) < 4.78 is 0. The van der Waals surface area contributed by atoms with E-state index >= 15 is 0 Å². The van der Waals surface area contributed by atoms with Crippen molar-refractivity contribution in [1.82, 2.24) is 9.88 Å². The minimum absolute atomic E-state index is 0.354. The van der Waals surface area contributed by atoms with Gasteiger partial charge >= 0.3 is 0 Å². The van der Waals surface area contributed by atoms with Gasteiger partial charge in [0, 0.05) is 29.9 Å². The van der Waals surface area contributed by atoms with Gasteiger partial charge in [0.2, 0.25) is 0 Å². The van der Waals surface area contributed by atoms with Crippen molar-refractivity contribution in [2.24, 2.45) is 5.92 Å². The summed E-state index contributed by atoms with van der Waals surface area (Å²) in [7, 11) is 2.24. The van der Waals surface area contributed by atoms with Crippen molar-refractivity contribution in [2.75, 3.05) is 7.05 Å². The molecule has 4 rings (SSSR count). The maximum atomic E-state index is 11.0. The molecule has 2 aliphatic rings. The van der Waals surface area contributed by atoms with Crippen LogP contribution in [-0.4, -0.2) is 34.1 Å². The van der Waals surface area contributed by atoms with Crippen molar-refractivity contribution in [3.05, 3.63) is 42.2 Å². The highest BCUT2D eigenvalue weighted by Crippen LogP contribution is 2.43. The number of fused-ring (bicyclic) bond motifs is 3. The second-order valence-corrected chi connectivity index (χ2v) is 6.67. The van der Waals surface area contributed by atoms with Gasteiger partial charge in [-0.2, -0.15) is 0 Å². The molecule has 1 N–H and O–H groups in total. The van der Waals surface area contributed by atoms with Gasteiger partial charge in [0.25, 0.3) is 0 Å². The predicted molar refractivity (Wildman–Crippen MR) is 84.0 cm³/mol. The second kappa shape index (κ2) is 5.08. The molecule has 2 aliphatic heterocycles. The quantitative estimate of drug-likeness (QED) is 0.919. The zero-order valence-corrected chi connectivity index (χ0v) is 12.4. The van der Waals surface area contributed by atoms with E-state index in [0.29, 0.717) is 18.0 Å². The molecule has 3 heterocycles. The third kappa shape index (κ3) is 2.16. The van der Waals surface area contributed by atoms with Crippen molar-refractivity contribution in [2.45, 2.75) is 43.9 Å². The van der Waals surface area contributed by atoms with Crippen LogP contribution < -0.4 is 0 Å². The number of pyridine rings is 1. The summed E-state index contributed by atoms with van der Waals surface area (Å²) in [6, 6.07) is 9.54. The molecule has 0 spiro atoms. The van der Waals surface area contributed by atoms with Gasteiger partial charge in [0.05, 0.1) is 6.10 Å². The number of piperidine rings is 1. The summed E-state index contributed by atoms with van der Waals surface area (Å²) in [5, 5.41) is 13.2. The van der Waals surface area contributed by atoms with Crippen LogP contribution in [-0.2, 0) is 0 Å². The van der Waals surface area contributed by atoms with Crippen LogP contribution in [0.4, 0.5) is 0 Å². The molecule has 2 fully saturated rings. The normalized spacial score (nSPS) is 30.7. The van der Waals surface area contributed by atoms with Crippen molar-refractivity contribution < 1.29 is 5.11 Å². The van der Waals surface area contributed by atoms with E-state index in [4.69, 9.17) is 0 Å². The first-order valence-electron chi connectivity index (χ1n) is 7.96. The van der Waals surface area contributed by atoms with Gasteiger partial charge in [0.1, 0.15) is 0 Å². The highest BCUT2D eigenvalue weighted by molar-refractivity contribution is 5.85. The zero-order chi connectivity index (χ0) is 14.4. The number of aromatic nitrogens is 1. The number of hydrogen-bond donors (Lipinski definition) is 1. The lowest BCUT2D eigenvalue weighted by atomic mass is 9.82. The minimum atomic E-state index is -0.354. The highest BCUT2D eigenvalue weighted by atomic mass is 16.3. The van der Waals surface area contributed by atoms with Crippen LogP contribution >= 0.6 is 0 Å². The fourth-order valence-corrected chi connectivity index (χ4v) is 4.37. The van der Waals surface area contributed by atoms with Crippen LogP contribution in [0.3, 0.4) is 0 Å². The van der Waals surface area contributed by atoms with Crippen molar-refractivity contribution in [1.29, 1.82) is 0 Å². The maximum absolute atomic E-state index is 11.0. The number of hydrogen-bond acceptors (Lipinski definition) is 3. The van der Waals surface area contributed by atoms with Crippen LogP contribution in [0.25, 0.3) is 10.8 Å². The van der Waals surface area contributed by atoms with E-state index in [0.717, 1.165) is 29.2 Å². The first kappa shape index (κ1) is 13.2. The molecule has 3 nitrogen and oxygen atoms in total. The molecule has 3 unspecified atom stereocenters. The first-order valence-corrected chi connectivity index (χ1v) is 7.96. The summed E-state index contributed by atoms with van der Waals surface area (Å²) in [6.07, 6.45) is 8.17. The number of benzene rings is 1. The monoisotopic (exact) mass is 282 g/mol. The van der Waals surface area contributed by atoms with Crippen LogP contribution in [0.5, 0.6) is 0 Å². The molecule has 2 aromatic rings. The van der Waals surface area contributed by atoms with Gasteiger partial charge in [0.15, 0.2) is 0 Å². The Morgan fingerprint density at radius 2 is 1.95 bits per heavy atom. The van der Waals surface area contributed by atoms with Crippen LogP contribution in [0, 0.1) is 5.92 Å². The highest BCUT2D eigenvalue weighted by Gasteiger charge is 2.41. The molecule has 110 valence electrons. The number of rotatable bonds is 2. The van der Waals surface area contributed by atoms with Crippen LogP contribution in [0.2, 0.25) is 0 Å². The van der Waals surface area contributed by atoms with E-state index in [2.05, 4.69) is 29.1 Å². The van der Waals surface area contributed by atoms with E-state index in [1.165, 1.54) is 12.8 Å². The third-order valence-electron chi connectivity index (χ3n) is 5.61. The van der Waals surface area contributed by atoms with Crippen molar-refractivity contribution >= 4 is 10.8 Å². The lowest BCUT2D eigenvalue weighted by Crippen LogP contribution is -2.41. The molecule has 21 heavy (non-hydrogen) atoms. The van der Waals surface area contributed by atoms with Crippen molar-refractivity contribution in [3.63, 3.8) is 0 Å². The molecule has 3 atom stereocenters. The summed E-state index contributed by atoms with van der Waals surface area (Å²) in [4.78, 5) is 6.71. The summed E-state index contributed by atoms with van der Waals surface area (Å²) in [6.45, 7) is 0. The molecule has 3 heteroatoms. The first-order chi connectivity index (χ1) is 10.2. The number of aliphatic hydroxyl groups excluding tert-OH is 1. The molecule has 0 amide bonds. The largest absolute Gasteiger partial charge is 0.388 e. The molecular formula is C18H22N2O. The number of aliphatic hydroxyl groups is 1. The maximum Gasteiger partial charge on any atom is 0.0825 e. The third-order valence-corrected chi connectivity index (χ3v) is 5.61. The Morgan fingerprint density at radius 1 is 1.19 bits per heavy atom. The molecular weight excluding hydrogens is 260 g/mol. The van der Waals surface area contributed by atoms with E-state index in [9.17, 15) is 5.11 Å². The molecule has 0 aliphatic carbocycles. The standard InChI is InChI=1S/C18H22N2O/c1-20-14-5-6-15(20)10-13(9-14)18(21)17-4-2-3-12-11-19-8-7-16(12)17/h2-4,7-8,11,13-15,18,21H,5-6,9-10H2,1H3. The summed E-state index contributed by atoms with van der Waals surface area (Å²) >= 11 is 0. The van der Waals surface area contributed by atoms with Crippen LogP contribution in [0.15, 0.2) is 36.7 Å². The van der Waals surface area contributed by atoms with Gasteiger partial charge in [-0.3, -0.25) is 4.98 Å². The fourth-order valence-electron chi connectivity index (χ4n) is 4.37. The SMILES string of the molecule is CN1C2CCC1CC(C(O)c1cccc3cnccc13)C2. The lowest BCUT2D eigenvalue weighted by Gasteiger charge is -2.38. The lowest BCUT2D eigenvalue weighted by molar-refractivity contribution is 0.0364. The van der Waals surface area contributed by atoms with E-state index < -0.39 is 0 Å². The molecule has 2 saturated heterocycles. The second-order valence-electron chi connectivity index (χ2n) is 6.67. The van der Waals surface area contributed by atoms with Gasteiger partial charge in [-0.05, 0) is 55.7 Å². The smallest absolute Gasteiger partial charge is 0.0825 e. The summed E-state index contributed by atoms with van der Waals surface area (Å²) in [5.74, 6) is 0.387. The topological polar surface area (TPSA) is 36.4 Å². The molecule has 1 aromatic carbocycles. The fraction of sp³-hybridized carbons (Fsp3) is 0.500. The average Bonchev–Trinajstić information content (AvgIpc) is 2.75. The van der Waals surface area contributed by atoms with Crippen LogP contribution in [0.1, 0.15) is 37.4 Å². The molecule has 1 aromatic heterocycles. The minimum Gasteiger partial charge on any atom is -0.388 e.